The maximum atomic E-state index is 13.4. The van der Waals surface area contributed by atoms with Crippen LogP contribution < -0.4 is 10.1 Å². The van der Waals surface area contributed by atoms with E-state index in [4.69, 9.17) is 16.3 Å². The van der Waals surface area contributed by atoms with Gasteiger partial charge in [-0.1, -0.05) is 17.7 Å². The van der Waals surface area contributed by atoms with E-state index in [1.807, 2.05) is 19.2 Å². The molecule has 0 aliphatic carbocycles. The maximum Gasteiger partial charge on any atom is 0.148 e. The molecule has 0 saturated heterocycles. The van der Waals surface area contributed by atoms with E-state index in [9.17, 15) is 4.39 Å². The molecule has 0 heterocycles. The molecule has 0 amide bonds. The Morgan fingerprint density at radius 3 is 2.38 bits per heavy atom. The van der Waals surface area contributed by atoms with E-state index in [1.165, 1.54) is 12.1 Å². The summed E-state index contributed by atoms with van der Waals surface area (Å²) in [4.78, 5) is 0. The van der Waals surface area contributed by atoms with Gasteiger partial charge in [0.2, 0.25) is 0 Å². The Morgan fingerprint density at radius 2 is 1.81 bits per heavy atom. The Balaban J connectivity index is 2.14. The first-order chi connectivity index (χ1) is 10.0. The Kier molecular flexibility index (Phi) is 6.05. The molecule has 2 rings (SSSR count). The molecular formula is C15H13Br2ClFNO. The molecule has 0 fully saturated rings. The summed E-state index contributed by atoms with van der Waals surface area (Å²) in [5, 5.41) is 3.20. The summed E-state index contributed by atoms with van der Waals surface area (Å²) in [6, 6.07) is 8.61. The van der Waals surface area contributed by atoms with Crippen molar-refractivity contribution in [3.63, 3.8) is 0 Å². The quantitative estimate of drug-likeness (QED) is 0.685. The van der Waals surface area contributed by atoms with Crippen molar-refractivity contribution < 1.29 is 9.13 Å². The molecule has 2 aromatic carbocycles. The van der Waals surface area contributed by atoms with Crippen molar-refractivity contribution in [2.24, 2.45) is 0 Å². The van der Waals surface area contributed by atoms with Gasteiger partial charge in [0.15, 0.2) is 0 Å². The van der Waals surface area contributed by atoms with Crippen molar-refractivity contribution in [1.82, 2.24) is 5.32 Å². The minimum absolute atomic E-state index is 0.109. The molecule has 2 aromatic rings. The Bertz CT molecular complexity index is 629. The van der Waals surface area contributed by atoms with E-state index in [0.29, 0.717) is 5.75 Å². The lowest BCUT2D eigenvalue weighted by Crippen LogP contribution is -2.05. The van der Waals surface area contributed by atoms with Crippen molar-refractivity contribution in [2.45, 2.75) is 13.2 Å². The minimum Gasteiger partial charge on any atom is -0.487 e. The zero-order valence-corrected chi connectivity index (χ0v) is 15.1. The second kappa shape index (κ2) is 7.58. The molecule has 0 unspecified atom stereocenters. The van der Waals surface area contributed by atoms with Crippen LogP contribution in [0.4, 0.5) is 4.39 Å². The third-order valence-electron chi connectivity index (χ3n) is 2.81. The van der Waals surface area contributed by atoms with E-state index in [0.717, 1.165) is 26.6 Å². The lowest BCUT2D eigenvalue weighted by Gasteiger charge is -2.12. The fraction of sp³-hybridized carbons (Fsp3) is 0.200. The number of hydrogen-bond acceptors (Lipinski definition) is 2. The molecule has 1 N–H and O–H groups in total. The molecule has 2 nitrogen and oxygen atoms in total. The number of hydrogen-bond donors (Lipinski definition) is 1. The fourth-order valence-electron chi connectivity index (χ4n) is 1.84. The van der Waals surface area contributed by atoms with Crippen molar-refractivity contribution >= 4 is 43.5 Å². The van der Waals surface area contributed by atoms with Gasteiger partial charge < -0.3 is 10.1 Å². The summed E-state index contributed by atoms with van der Waals surface area (Å²) in [6.07, 6.45) is 0. The Morgan fingerprint density at radius 1 is 1.14 bits per heavy atom. The van der Waals surface area contributed by atoms with E-state index in [1.54, 1.807) is 6.07 Å². The van der Waals surface area contributed by atoms with Crippen molar-refractivity contribution in [3.05, 3.63) is 61.2 Å². The maximum absolute atomic E-state index is 13.4. The summed E-state index contributed by atoms with van der Waals surface area (Å²) >= 11 is 12.6. The first kappa shape index (κ1) is 16.7. The highest BCUT2D eigenvalue weighted by Gasteiger charge is 2.10. The summed E-state index contributed by atoms with van der Waals surface area (Å²) in [5.41, 5.74) is 1.84. The van der Waals surface area contributed by atoms with Crippen molar-refractivity contribution in [2.75, 3.05) is 7.05 Å². The zero-order valence-electron chi connectivity index (χ0n) is 11.2. The van der Waals surface area contributed by atoms with Gasteiger partial charge >= 0.3 is 0 Å². The van der Waals surface area contributed by atoms with E-state index < -0.39 is 5.82 Å². The van der Waals surface area contributed by atoms with Crippen LogP contribution >= 0.6 is 43.5 Å². The smallest absolute Gasteiger partial charge is 0.148 e. The molecule has 0 spiro atoms. The first-order valence-corrected chi connectivity index (χ1v) is 8.17. The molecule has 0 bridgehead atoms. The highest BCUT2D eigenvalue weighted by atomic mass is 79.9. The number of halogens is 4. The standard InChI is InChI=1S/C15H13Br2ClFNO/c1-20-7-10-4-11(16)15(12(17)5-10)21-8-9-2-3-13(18)14(19)6-9/h2-6,20H,7-8H2,1H3. The van der Waals surface area contributed by atoms with Gasteiger partial charge in [-0.25, -0.2) is 4.39 Å². The molecule has 112 valence electrons. The predicted octanol–water partition coefficient (Wildman–Crippen LogP) is 5.30. The van der Waals surface area contributed by atoms with Crippen LogP contribution in [0.5, 0.6) is 5.75 Å². The third kappa shape index (κ3) is 4.42. The topological polar surface area (TPSA) is 21.3 Å². The van der Waals surface area contributed by atoms with Crippen LogP contribution in [0.3, 0.4) is 0 Å². The van der Waals surface area contributed by atoms with E-state index in [2.05, 4.69) is 37.2 Å². The molecule has 0 aliphatic rings. The van der Waals surface area contributed by atoms with Gasteiger partial charge in [-0.15, -0.1) is 0 Å². The number of rotatable bonds is 5. The van der Waals surface area contributed by atoms with Crippen molar-refractivity contribution in [3.8, 4) is 5.75 Å². The van der Waals surface area contributed by atoms with Gasteiger partial charge in [-0.05, 0) is 74.3 Å². The highest BCUT2D eigenvalue weighted by Crippen LogP contribution is 2.35. The van der Waals surface area contributed by atoms with Crippen LogP contribution in [0.2, 0.25) is 5.02 Å². The van der Waals surface area contributed by atoms with Gasteiger partial charge in [0.1, 0.15) is 18.2 Å². The van der Waals surface area contributed by atoms with E-state index in [-0.39, 0.29) is 11.6 Å². The van der Waals surface area contributed by atoms with Crippen LogP contribution in [0, 0.1) is 5.82 Å². The fourth-order valence-corrected chi connectivity index (χ4v) is 3.47. The van der Waals surface area contributed by atoms with Gasteiger partial charge in [0.05, 0.1) is 14.0 Å². The summed E-state index contributed by atoms with van der Waals surface area (Å²) in [7, 11) is 1.89. The monoisotopic (exact) mass is 435 g/mol. The average molecular weight is 438 g/mol. The second-order valence-electron chi connectivity index (χ2n) is 4.46. The summed E-state index contributed by atoms with van der Waals surface area (Å²) in [6.45, 7) is 1.02. The normalized spacial score (nSPS) is 10.7. The van der Waals surface area contributed by atoms with Crippen LogP contribution in [0.1, 0.15) is 11.1 Å². The van der Waals surface area contributed by atoms with Crippen molar-refractivity contribution in [1.29, 1.82) is 0 Å². The van der Waals surface area contributed by atoms with E-state index >= 15 is 0 Å². The van der Waals surface area contributed by atoms with Gasteiger partial charge in [-0.3, -0.25) is 0 Å². The first-order valence-electron chi connectivity index (χ1n) is 6.20. The SMILES string of the molecule is CNCc1cc(Br)c(OCc2ccc(Cl)c(F)c2)c(Br)c1. The Labute approximate surface area is 144 Å². The van der Waals surface area contributed by atoms with Crippen LogP contribution in [0.25, 0.3) is 0 Å². The summed E-state index contributed by atoms with van der Waals surface area (Å²) < 4.78 is 20.8. The van der Waals surface area contributed by atoms with Gasteiger partial charge in [0.25, 0.3) is 0 Å². The lowest BCUT2D eigenvalue weighted by molar-refractivity contribution is 0.301. The predicted molar refractivity (Wildman–Crippen MR) is 90.3 cm³/mol. The Hall–Kier alpha value is -0.620. The van der Waals surface area contributed by atoms with Gasteiger partial charge in [0, 0.05) is 6.54 Å². The molecule has 0 aliphatic heterocycles. The highest BCUT2D eigenvalue weighted by molar-refractivity contribution is 9.11. The molecule has 0 saturated carbocycles. The second-order valence-corrected chi connectivity index (χ2v) is 6.57. The molecule has 0 atom stereocenters. The number of ether oxygens (including phenoxy) is 1. The van der Waals surface area contributed by atoms with Gasteiger partial charge in [-0.2, -0.15) is 0 Å². The van der Waals surface area contributed by atoms with Crippen LogP contribution in [-0.2, 0) is 13.2 Å². The molecule has 6 heteroatoms. The average Bonchev–Trinajstić information content (AvgIpc) is 2.42. The molecule has 21 heavy (non-hydrogen) atoms. The lowest BCUT2D eigenvalue weighted by atomic mass is 10.2. The molecule has 0 aromatic heterocycles. The van der Waals surface area contributed by atoms with Crippen LogP contribution in [-0.4, -0.2) is 7.05 Å². The summed E-state index contributed by atoms with van der Waals surface area (Å²) in [5.74, 6) is 0.241. The minimum atomic E-state index is -0.444. The number of nitrogens with one attached hydrogen (secondary N) is 1. The largest absolute Gasteiger partial charge is 0.487 e. The molecule has 0 radical (unpaired) electrons. The zero-order chi connectivity index (χ0) is 15.4. The molecular weight excluding hydrogens is 424 g/mol. The third-order valence-corrected chi connectivity index (χ3v) is 4.29. The van der Waals surface area contributed by atoms with Crippen LogP contribution in [0.15, 0.2) is 39.3 Å². The number of benzene rings is 2.